The molecule has 0 amide bonds. The summed E-state index contributed by atoms with van der Waals surface area (Å²) in [4.78, 5) is 0. The number of aryl methyl sites for hydroxylation is 1. The van der Waals surface area contributed by atoms with Crippen LogP contribution in [0, 0.1) is 13.8 Å². The summed E-state index contributed by atoms with van der Waals surface area (Å²) in [6.45, 7) is 3.48. The third-order valence-electron chi connectivity index (χ3n) is 2.14. The highest BCUT2D eigenvalue weighted by Gasteiger charge is 2.23. The number of nitrogens with zero attached hydrogens (tertiary/aromatic N) is 2. The molecule has 2 aromatic rings. The van der Waals surface area contributed by atoms with Crippen LogP contribution in [0.2, 0.25) is 0 Å². The molecule has 0 saturated carbocycles. The minimum absolute atomic E-state index is 0.297. The summed E-state index contributed by atoms with van der Waals surface area (Å²) in [5, 5.41) is 5.76. The Morgan fingerprint density at radius 1 is 1.44 bits per heavy atom. The molecule has 2 aromatic heterocycles. The van der Waals surface area contributed by atoms with Crippen LogP contribution in [-0.4, -0.2) is 17.6 Å². The summed E-state index contributed by atoms with van der Waals surface area (Å²) in [5.74, 6) is 0. The van der Waals surface area contributed by atoms with Gasteiger partial charge in [0.1, 0.15) is 4.21 Å². The van der Waals surface area contributed by atoms with Crippen molar-refractivity contribution in [2.75, 3.05) is 0 Å². The van der Waals surface area contributed by atoms with Gasteiger partial charge in [-0.25, -0.2) is 0 Å². The highest BCUT2D eigenvalue weighted by atomic mass is 79.9. The molecule has 0 aromatic carbocycles. The van der Waals surface area contributed by atoms with E-state index >= 15 is 0 Å². The molecule has 0 atom stereocenters. The molecule has 2 heterocycles. The molecule has 0 unspecified atom stereocenters. The molecule has 0 aliphatic carbocycles. The molecule has 16 heavy (non-hydrogen) atoms. The quantitative estimate of drug-likeness (QED) is 0.854. The Morgan fingerprint density at radius 3 is 2.56 bits per heavy atom. The molecule has 0 aliphatic heterocycles. The first kappa shape index (κ1) is 11.8. The van der Waals surface area contributed by atoms with Gasteiger partial charge in [0, 0.05) is 0 Å². The predicted octanol–water partition coefficient (Wildman–Crippen LogP) is 2.56. The van der Waals surface area contributed by atoms with E-state index in [1.165, 1.54) is 11.3 Å². The van der Waals surface area contributed by atoms with Crippen LogP contribution < -0.4 is 0 Å². The standard InChI is InChI=1S/C9H9BrN2O2S2/c1-6-9(10)7(2)12(11-6)16(13,14)8-4-3-5-15-8/h3-5H,1-2H3. The van der Waals surface area contributed by atoms with Gasteiger partial charge in [0.25, 0.3) is 10.0 Å². The number of halogens is 1. The summed E-state index contributed by atoms with van der Waals surface area (Å²) >= 11 is 4.50. The number of aromatic nitrogens is 2. The van der Waals surface area contributed by atoms with Crippen LogP contribution >= 0.6 is 27.3 Å². The fourth-order valence-electron chi connectivity index (χ4n) is 1.33. The topological polar surface area (TPSA) is 52.0 Å². The monoisotopic (exact) mass is 320 g/mol. The van der Waals surface area contributed by atoms with Crippen molar-refractivity contribution >= 4 is 37.3 Å². The Morgan fingerprint density at radius 2 is 2.12 bits per heavy atom. The Balaban J connectivity index is 2.66. The minimum Gasteiger partial charge on any atom is -0.198 e. The first-order chi connectivity index (χ1) is 7.44. The summed E-state index contributed by atoms with van der Waals surface area (Å²) < 4.78 is 26.4. The number of hydrogen-bond donors (Lipinski definition) is 0. The van der Waals surface area contributed by atoms with E-state index in [9.17, 15) is 8.42 Å². The molecular formula is C9H9BrN2O2S2. The molecule has 4 nitrogen and oxygen atoms in total. The van der Waals surface area contributed by atoms with Crippen molar-refractivity contribution in [2.45, 2.75) is 18.1 Å². The Kier molecular flexibility index (Phi) is 2.93. The van der Waals surface area contributed by atoms with Crippen LogP contribution in [-0.2, 0) is 10.0 Å². The van der Waals surface area contributed by atoms with E-state index in [0.29, 0.717) is 15.6 Å². The van der Waals surface area contributed by atoms with E-state index in [4.69, 9.17) is 0 Å². The summed E-state index contributed by atoms with van der Waals surface area (Å²) in [6.07, 6.45) is 0. The Hall–Kier alpha value is -0.660. The zero-order valence-corrected chi connectivity index (χ0v) is 11.9. The van der Waals surface area contributed by atoms with E-state index < -0.39 is 10.0 Å². The van der Waals surface area contributed by atoms with Gasteiger partial charge in [-0.15, -0.1) is 11.3 Å². The molecule has 86 valence electrons. The Labute approximate surface area is 106 Å². The molecule has 0 radical (unpaired) electrons. The normalized spacial score (nSPS) is 11.9. The lowest BCUT2D eigenvalue weighted by atomic mass is 10.4. The van der Waals surface area contributed by atoms with Crippen molar-refractivity contribution in [1.82, 2.24) is 9.19 Å². The van der Waals surface area contributed by atoms with Gasteiger partial charge in [0.05, 0.1) is 15.9 Å². The maximum absolute atomic E-state index is 12.2. The second-order valence-corrected chi connectivity index (χ2v) is 7.00. The summed E-state index contributed by atoms with van der Waals surface area (Å²) in [7, 11) is -3.53. The van der Waals surface area contributed by atoms with E-state index in [1.54, 1.807) is 31.4 Å². The first-order valence-electron chi connectivity index (χ1n) is 4.45. The fraction of sp³-hybridized carbons (Fsp3) is 0.222. The maximum atomic E-state index is 12.2. The van der Waals surface area contributed by atoms with Crippen LogP contribution in [0.15, 0.2) is 26.2 Å². The minimum atomic E-state index is -3.53. The van der Waals surface area contributed by atoms with Crippen LogP contribution in [0.25, 0.3) is 0 Å². The second kappa shape index (κ2) is 3.97. The van der Waals surface area contributed by atoms with Crippen molar-refractivity contribution in [1.29, 1.82) is 0 Å². The summed E-state index contributed by atoms with van der Waals surface area (Å²) in [6, 6.07) is 3.28. The lowest BCUT2D eigenvalue weighted by Gasteiger charge is -2.03. The van der Waals surface area contributed by atoms with Gasteiger partial charge in [-0.3, -0.25) is 0 Å². The van der Waals surface area contributed by atoms with Gasteiger partial charge in [-0.1, -0.05) is 6.07 Å². The molecule has 0 N–H and O–H groups in total. The van der Waals surface area contributed by atoms with Gasteiger partial charge in [-0.05, 0) is 41.2 Å². The van der Waals surface area contributed by atoms with Gasteiger partial charge >= 0.3 is 0 Å². The van der Waals surface area contributed by atoms with Crippen LogP contribution in [0.3, 0.4) is 0 Å². The maximum Gasteiger partial charge on any atom is 0.292 e. The number of rotatable bonds is 2. The van der Waals surface area contributed by atoms with Crippen molar-refractivity contribution in [3.05, 3.63) is 33.4 Å². The van der Waals surface area contributed by atoms with Gasteiger partial charge < -0.3 is 0 Å². The van der Waals surface area contributed by atoms with Gasteiger partial charge in [0.2, 0.25) is 0 Å². The predicted molar refractivity (Wildman–Crippen MR) is 66.3 cm³/mol. The van der Waals surface area contributed by atoms with Crippen LogP contribution in [0.4, 0.5) is 0 Å². The van der Waals surface area contributed by atoms with E-state index in [1.807, 2.05) is 0 Å². The van der Waals surface area contributed by atoms with Crippen molar-refractivity contribution in [2.24, 2.45) is 0 Å². The first-order valence-corrected chi connectivity index (χ1v) is 7.56. The van der Waals surface area contributed by atoms with E-state index in [2.05, 4.69) is 21.0 Å². The largest absolute Gasteiger partial charge is 0.292 e. The highest BCUT2D eigenvalue weighted by molar-refractivity contribution is 9.10. The molecular weight excluding hydrogens is 312 g/mol. The van der Waals surface area contributed by atoms with Gasteiger partial charge in [-0.2, -0.15) is 17.6 Å². The molecule has 0 spiro atoms. The number of thiophene rings is 1. The third-order valence-corrected chi connectivity index (χ3v) is 6.33. The lowest BCUT2D eigenvalue weighted by molar-refractivity contribution is 0.580. The smallest absolute Gasteiger partial charge is 0.198 e. The lowest BCUT2D eigenvalue weighted by Crippen LogP contribution is -2.14. The van der Waals surface area contributed by atoms with Crippen molar-refractivity contribution in [3.8, 4) is 0 Å². The molecule has 0 aliphatic rings. The third kappa shape index (κ3) is 1.72. The fourth-order valence-corrected chi connectivity index (χ4v) is 4.11. The number of hydrogen-bond acceptors (Lipinski definition) is 4. The zero-order chi connectivity index (χ0) is 11.9. The second-order valence-electron chi connectivity index (χ2n) is 3.26. The zero-order valence-electron chi connectivity index (χ0n) is 8.64. The van der Waals surface area contributed by atoms with Gasteiger partial charge in [0.15, 0.2) is 0 Å². The van der Waals surface area contributed by atoms with Crippen molar-refractivity contribution < 1.29 is 8.42 Å². The van der Waals surface area contributed by atoms with Crippen molar-refractivity contribution in [3.63, 3.8) is 0 Å². The van der Waals surface area contributed by atoms with E-state index in [-0.39, 0.29) is 0 Å². The highest BCUT2D eigenvalue weighted by Crippen LogP contribution is 2.25. The molecule has 0 fully saturated rings. The average molecular weight is 321 g/mol. The SMILES string of the molecule is Cc1nn(S(=O)(=O)c2cccs2)c(C)c1Br. The van der Waals surface area contributed by atoms with E-state index in [0.717, 1.165) is 8.56 Å². The summed E-state index contributed by atoms with van der Waals surface area (Å²) in [5.41, 5.74) is 1.25. The van der Waals surface area contributed by atoms with Crippen LogP contribution in [0.1, 0.15) is 11.4 Å². The average Bonchev–Trinajstić information content (AvgIpc) is 2.83. The molecule has 7 heteroatoms. The molecule has 2 rings (SSSR count). The Bertz CT molecular complexity index is 614. The molecule has 0 saturated heterocycles. The van der Waals surface area contributed by atoms with Crippen LogP contribution in [0.5, 0.6) is 0 Å². The molecule has 0 bridgehead atoms.